The summed E-state index contributed by atoms with van der Waals surface area (Å²) in [5, 5.41) is 2.81. The van der Waals surface area contributed by atoms with Crippen molar-refractivity contribution >= 4 is 11.9 Å². The maximum atomic E-state index is 11.9. The Bertz CT molecular complexity index is 494. The van der Waals surface area contributed by atoms with Gasteiger partial charge in [-0.3, -0.25) is 9.59 Å². The van der Waals surface area contributed by atoms with E-state index in [9.17, 15) is 9.59 Å². The van der Waals surface area contributed by atoms with Crippen molar-refractivity contribution in [2.24, 2.45) is 0 Å². The second-order valence-corrected chi connectivity index (χ2v) is 6.02. The smallest absolute Gasteiger partial charge is 0.306 e. The molecule has 1 amide bonds. The minimum Gasteiger partial charge on any atom is -0.459 e. The summed E-state index contributed by atoms with van der Waals surface area (Å²) < 4.78 is 5.65. The lowest BCUT2D eigenvalue weighted by atomic mass is 10.1. The Kier molecular flexibility index (Phi) is 5.99. The first-order valence-corrected chi connectivity index (χ1v) is 8.16. The molecule has 1 aliphatic rings. The summed E-state index contributed by atoms with van der Waals surface area (Å²) in [4.78, 5) is 23.4. The third-order valence-electron chi connectivity index (χ3n) is 3.86. The second kappa shape index (κ2) is 7.97. The topological polar surface area (TPSA) is 55.4 Å². The third kappa shape index (κ3) is 5.51. The lowest BCUT2D eigenvalue weighted by Crippen LogP contribution is -2.25. The van der Waals surface area contributed by atoms with E-state index in [0.717, 1.165) is 25.7 Å². The van der Waals surface area contributed by atoms with Crippen molar-refractivity contribution < 1.29 is 14.3 Å². The van der Waals surface area contributed by atoms with Crippen molar-refractivity contribution in [3.8, 4) is 0 Å². The zero-order chi connectivity index (χ0) is 15.8. The zero-order valence-corrected chi connectivity index (χ0v) is 13.3. The van der Waals surface area contributed by atoms with Gasteiger partial charge in [0.25, 0.3) is 0 Å². The van der Waals surface area contributed by atoms with Gasteiger partial charge in [0.1, 0.15) is 5.60 Å². The van der Waals surface area contributed by atoms with Gasteiger partial charge >= 0.3 is 5.97 Å². The number of esters is 1. The largest absolute Gasteiger partial charge is 0.459 e. The zero-order valence-electron chi connectivity index (χ0n) is 13.3. The Balaban J connectivity index is 1.67. The van der Waals surface area contributed by atoms with Crippen molar-refractivity contribution in [3.63, 3.8) is 0 Å². The highest BCUT2D eigenvalue weighted by Gasteiger charge is 2.46. The van der Waals surface area contributed by atoms with E-state index >= 15 is 0 Å². The molecule has 0 bridgehead atoms. The van der Waals surface area contributed by atoms with Crippen LogP contribution >= 0.6 is 0 Å². The van der Waals surface area contributed by atoms with Crippen LogP contribution in [-0.2, 0) is 20.7 Å². The fraction of sp³-hybridized carbons (Fsp3) is 0.556. The van der Waals surface area contributed by atoms with Crippen molar-refractivity contribution in [1.82, 2.24) is 5.32 Å². The van der Waals surface area contributed by atoms with Crippen LogP contribution in [-0.4, -0.2) is 24.0 Å². The molecule has 2 rings (SSSR count). The van der Waals surface area contributed by atoms with E-state index in [0.29, 0.717) is 25.8 Å². The first-order chi connectivity index (χ1) is 10.6. The van der Waals surface area contributed by atoms with Gasteiger partial charge in [-0.25, -0.2) is 0 Å². The molecule has 1 saturated carbocycles. The molecule has 4 heteroatoms. The molecule has 1 fully saturated rings. The molecule has 0 saturated heterocycles. The molecule has 4 nitrogen and oxygen atoms in total. The Morgan fingerprint density at radius 1 is 1.18 bits per heavy atom. The minimum atomic E-state index is -0.289. The first-order valence-electron chi connectivity index (χ1n) is 8.16. The van der Waals surface area contributed by atoms with E-state index in [-0.39, 0.29) is 17.5 Å². The number of hydrogen-bond acceptors (Lipinski definition) is 3. The van der Waals surface area contributed by atoms with Crippen LogP contribution in [0.5, 0.6) is 0 Å². The molecule has 22 heavy (non-hydrogen) atoms. The summed E-state index contributed by atoms with van der Waals surface area (Å²) in [6.07, 6.45) is 4.84. The SMILES string of the molecule is CCCNC(=O)CCCC(=O)OC1(Cc2ccccc2)CC1. The van der Waals surface area contributed by atoms with Gasteiger partial charge in [0.15, 0.2) is 0 Å². The highest BCUT2D eigenvalue weighted by atomic mass is 16.6. The molecule has 1 aromatic rings. The first kappa shape index (κ1) is 16.5. The molecule has 0 aromatic heterocycles. The molecule has 0 atom stereocenters. The van der Waals surface area contributed by atoms with Gasteiger partial charge in [0, 0.05) is 25.8 Å². The lowest BCUT2D eigenvalue weighted by molar-refractivity contribution is -0.151. The molecule has 0 unspecified atom stereocenters. The van der Waals surface area contributed by atoms with E-state index in [1.54, 1.807) is 0 Å². The molecule has 0 radical (unpaired) electrons. The Hall–Kier alpha value is -1.84. The van der Waals surface area contributed by atoms with Gasteiger partial charge in [0.2, 0.25) is 5.91 Å². The van der Waals surface area contributed by atoms with Gasteiger partial charge in [0.05, 0.1) is 0 Å². The van der Waals surface area contributed by atoms with Crippen LogP contribution in [0.25, 0.3) is 0 Å². The van der Waals surface area contributed by atoms with Crippen molar-refractivity contribution in [2.75, 3.05) is 6.54 Å². The fourth-order valence-corrected chi connectivity index (χ4v) is 2.46. The van der Waals surface area contributed by atoms with Gasteiger partial charge in [-0.05, 0) is 31.2 Å². The summed E-state index contributed by atoms with van der Waals surface area (Å²) in [6.45, 7) is 2.71. The third-order valence-corrected chi connectivity index (χ3v) is 3.86. The number of carbonyl (C=O) groups excluding carboxylic acids is 2. The number of ether oxygens (including phenoxy) is 1. The van der Waals surface area contributed by atoms with Crippen molar-refractivity contribution in [3.05, 3.63) is 35.9 Å². The molecule has 1 aliphatic carbocycles. The average Bonchev–Trinajstić information content (AvgIpc) is 3.25. The molecule has 0 spiro atoms. The maximum Gasteiger partial charge on any atom is 0.306 e. The van der Waals surface area contributed by atoms with Crippen molar-refractivity contribution in [1.29, 1.82) is 0 Å². The second-order valence-electron chi connectivity index (χ2n) is 6.02. The van der Waals surface area contributed by atoms with Crippen LogP contribution in [0.15, 0.2) is 30.3 Å². The van der Waals surface area contributed by atoms with Gasteiger partial charge in [-0.2, -0.15) is 0 Å². The monoisotopic (exact) mass is 303 g/mol. The number of nitrogens with one attached hydrogen (secondary N) is 1. The molecular weight excluding hydrogens is 278 g/mol. The summed E-state index contributed by atoms with van der Waals surface area (Å²) in [5.41, 5.74) is 0.912. The number of amides is 1. The predicted octanol–water partition coefficient (Wildman–Crippen LogP) is 3.00. The van der Waals surface area contributed by atoms with Gasteiger partial charge in [-0.15, -0.1) is 0 Å². The van der Waals surface area contributed by atoms with E-state index < -0.39 is 0 Å². The summed E-state index contributed by atoms with van der Waals surface area (Å²) in [7, 11) is 0. The fourth-order valence-electron chi connectivity index (χ4n) is 2.46. The number of carbonyl (C=O) groups is 2. The van der Waals surface area contributed by atoms with Crippen LogP contribution < -0.4 is 5.32 Å². The number of hydrogen-bond donors (Lipinski definition) is 1. The van der Waals surface area contributed by atoms with Gasteiger partial charge in [-0.1, -0.05) is 37.3 Å². The summed E-state index contributed by atoms with van der Waals surface area (Å²) >= 11 is 0. The molecule has 0 heterocycles. The molecule has 1 aromatic carbocycles. The molecular formula is C18H25NO3. The molecule has 120 valence electrons. The number of benzene rings is 1. The summed E-state index contributed by atoms with van der Waals surface area (Å²) in [6, 6.07) is 10.1. The standard InChI is InChI=1S/C18H25NO3/c1-2-13-19-16(20)9-6-10-17(21)22-18(11-12-18)14-15-7-4-3-5-8-15/h3-5,7-8H,2,6,9-14H2,1H3,(H,19,20). The van der Waals surface area contributed by atoms with Crippen LogP contribution in [0.1, 0.15) is 51.0 Å². The van der Waals surface area contributed by atoms with Crippen molar-refractivity contribution in [2.45, 2.75) is 57.5 Å². The van der Waals surface area contributed by atoms with Crippen LogP contribution in [0, 0.1) is 0 Å². The van der Waals surface area contributed by atoms with Crippen LogP contribution in [0.3, 0.4) is 0 Å². The van der Waals surface area contributed by atoms with Crippen LogP contribution in [0.2, 0.25) is 0 Å². The highest BCUT2D eigenvalue weighted by Crippen LogP contribution is 2.42. The van der Waals surface area contributed by atoms with E-state index in [1.165, 1.54) is 5.56 Å². The quantitative estimate of drug-likeness (QED) is 0.714. The number of rotatable bonds is 9. The van der Waals surface area contributed by atoms with Gasteiger partial charge < -0.3 is 10.1 Å². The molecule has 0 aliphatic heterocycles. The summed E-state index contributed by atoms with van der Waals surface area (Å²) in [5.74, 6) is -0.170. The highest BCUT2D eigenvalue weighted by molar-refractivity contribution is 5.77. The minimum absolute atomic E-state index is 0.0140. The van der Waals surface area contributed by atoms with E-state index in [4.69, 9.17) is 4.74 Å². The predicted molar refractivity (Wildman–Crippen MR) is 85.4 cm³/mol. The van der Waals surface area contributed by atoms with E-state index in [1.807, 2.05) is 25.1 Å². The maximum absolute atomic E-state index is 11.9. The Morgan fingerprint density at radius 2 is 1.91 bits per heavy atom. The average molecular weight is 303 g/mol. The Morgan fingerprint density at radius 3 is 2.55 bits per heavy atom. The normalized spacial score (nSPS) is 15.1. The van der Waals surface area contributed by atoms with E-state index in [2.05, 4.69) is 17.4 Å². The Labute approximate surface area is 132 Å². The molecule has 1 N–H and O–H groups in total. The van der Waals surface area contributed by atoms with Crippen LogP contribution in [0.4, 0.5) is 0 Å². The lowest BCUT2D eigenvalue weighted by Gasteiger charge is -2.16.